The second-order valence-electron chi connectivity index (χ2n) is 7.01. The minimum absolute atomic E-state index is 0.161. The number of amides is 1. The molecule has 2 aliphatic rings. The normalized spacial score (nSPS) is 15.9. The van der Waals surface area contributed by atoms with Crippen LogP contribution in [-0.4, -0.2) is 39.8 Å². The summed E-state index contributed by atoms with van der Waals surface area (Å²) in [5, 5.41) is 12.0. The van der Waals surface area contributed by atoms with Crippen LogP contribution in [0.1, 0.15) is 11.9 Å². The van der Waals surface area contributed by atoms with E-state index in [1.165, 1.54) is 11.8 Å². The number of anilines is 1. The number of fused-ring (bicyclic) bond motifs is 2. The van der Waals surface area contributed by atoms with Crippen LogP contribution in [-0.2, 0) is 11.3 Å². The molecule has 3 heterocycles. The van der Waals surface area contributed by atoms with Gasteiger partial charge in [-0.1, -0.05) is 30.0 Å². The summed E-state index contributed by atoms with van der Waals surface area (Å²) in [6.45, 7) is 4.81. The average Bonchev–Trinajstić information content (AvgIpc) is 3.44. The molecule has 0 fully saturated rings. The summed E-state index contributed by atoms with van der Waals surface area (Å²) in [5.74, 6) is 3.26. The number of carbonyl (C=O) groups excluding carboxylic acids is 1. The maximum absolute atomic E-state index is 12.5. The van der Waals surface area contributed by atoms with Crippen LogP contribution in [0.25, 0.3) is 0 Å². The van der Waals surface area contributed by atoms with E-state index in [2.05, 4.69) is 22.1 Å². The van der Waals surface area contributed by atoms with E-state index in [1.807, 2.05) is 28.8 Å². The maximum Gasteiger partial charge on any atom is 0.234 e. The second kappa shape index (κ2) is 8.83. The lowest BCUT2D eigenvalue weighted by Crippen LogP contribution is -2.25. The van der Waals surface area contributed by atoms with Crippen molar-refractivity contribution in [2.24, 2.45) is 0 Å². The molecule has 10 heteroatoms. The monoisotopic (exact) mass is 452 g/mol. The highest BCUT2D eigenvalue weighted by atomic mass is 32.2. The van der Waals surface area contributed by atoms with Crippen molar-refractivity contribution in [2.45, 2.75) is 17.8 Å². The molecule has 0 bridgehead atoms. The first-order valence-electron chi connectivity index (χ1n) is 9.96. The molecule has 1 amide bonds. The smallest absolute Gasteiger partial charge is 0.234 e. The fourth-order valence-electron chi connectivity index (χ4n) is 3.39. The number of carbonyl (C=O) groups is 1. The van der Waals surface area contributed by atoms with Crippen LogP contribution >= 0.6 is 11.8 Å². The Balaban J connectivity index is 1.26. The summed E-state index contributed by atoms with van der Waals surface area (Å²) < 4.78 is 24.4. The molecule has 0 saturated carbocycles. The molecule has 5 rings (SSSR count). The zero-order chi connectivity index (χ0) is 21.9. The number of hydrogen-bond acceptors (Lipinski definition) is 8. The Morgan fingerprint density at radius 3 is 2.81 bits per heavy atom. The van der Waals surface area contributed by atoms with Crippen molar-refractivity contribution in [2.75, 3.05) is 24.5 Å². The number of para-hydroxylation sites is 2. The third-order valence-corrected chi connectivity index (χ3v) is 5.81. The van der Waals surface area contributed by atoms with Gasteiger partial charge in [-0.25, -0.2) is 0 Å². The predicted octanol–water partition coefficient (Wildman–Crippen LogP) is 3.44. The van der Waals surface area contributed by atoms with Gasteiger partial charge in [0, 0.05) is 18.3 Å². The largest absolute Gasteiger partial charge is 0.485 e. The maximum atomic E-state index is 12.5. The minimum atomic E-state index is -0.408. The number of aromatic nitrogens is 3. The van der Waals surface area contributed by atoms with Crippen molar-refractivity contribution in [3.63, 3.8) is 0 Å². The van der Waals surface area contributed by atoms with Crippen molar-refractivity contribution in [1.29, 1.82) is 0 Å². The highest BCUT2D eigenvalue weighted by molar-refractivity contribution is 7.99. The number of allylic oxidation sites excluding steroid dienone is 1. The highest BCUT2D eigenvalue weighted by Gasteiger charge is 2.28. The van der Waals surface area contributed by atoms with Gasteiger partial charge in [0.1, 0.15) is 6.61 Å². The summed E-state index contributed by atoms with van der Waals surface area (Å²) in [7, 11) is 0. The number of hydrogen-bond donors (Lipinski definition) is 1. The Kier molecular flexibility index (Phi) is 5.59. The molecule has 2 aromatic carbocycles. The van der Waals surface area contributed by atoms with Gasteiger partial charge in [-0.05, 0) is 24.3 Å². The average molecular weight is 452 g/mol. The van der Waals surface area contributed by atoms with Crippen LogP contribution < -0.4 is 24.3 Å². The van der Waals surface area contributed by atoms with E-state index in [1.54, 1.807) is 24.3 Å². The SMILES string of the molecule is C=CCn1c(SCC(=O)Nc2ccc3c(c2)OCO3)nnc1C1COc2ccccc2O1. The number of nitrogens with one attached hydrogen (secondary N) is 1. The molecule has 1 aromatic heterocycles. The van der Waals surface area contributed by atoms with Gasteiger partial charge < -0.3 is 24.3 Å². The second-order valence-corrected chi connectivity index (χ2v) is 7.95. The fourth-order valence-corrected chi connectivity index (χ4v) is 4.15. The first-order valence-corrected chi connectivity index (χ1v) is 10.9. The molecule has 1 atom stereocenters. The van der Waals surface area contributed by atoms with Crippen molar-refractivity contribution in [1.82, 2.24) is 14.8 Å². The summed E-state index contributed by atoms with van der Waals surface area (Å²) in [6, 6.07) is 12.8. The quantitative estimate of drug-likeness (QED) is 0.430. The van der Waals surface area contributed by atoms with Crippen LogP contribution in [0, 0.1) is 0 Å². The number of ether oxygens (including phenoxy) is 4. The molecule has 0 saturated heterocycles. The van der Waals surface area contributed by atoms with Gasteiger partial charge in [0.25, 0.3) is 0 Å². The Hall–Kier alpha value is -3.66. The van der Waals surface area contributed by atoms with Crippen LogP contribution in [0.15, 0.2) is 60.3 Å². The van der Waals surface area contributed by atoms with E-state index in [0.717, 1.165) is 0 Å². The Bertz CT molecular complexity index is 1160. The molecular weight excluding hydrogens is 432 g/mol. The van der Waals surface area contributed by atoms with E-state index in [9.17, 15) is 4.79 Å². The first kappa shape index (κ1) is 20.3. The van der Waals surface area contributed by atoms with Gasteiger partial charge in [-0.15, -0.1) is 16.8 Å². The van der Waals surface area contributed by atoms with Gasteiger partial charge in [-0.2, -0.15) is 0 Å². The van der Waals surface area contributed by atoms with Crippen molar-refractivity contribution in [3.8, 4) is 23.0 Å². The summed E-state index contributed by atoms with van der Waals surface area (Å²) in [4.78, 5) is 12.5. The first-order chi connectivity index (χ1) is 15.7. The molecule has 3 aromatic rings. The molecule has 2 aliphatic heterocycles. The third kappa shape index (κ3) is 4.09. The van der Waals surface area contributed by atoms with Crippen LogP contribution in [0.4, 0.5) is 5.69 Å². The van der Waals surface area contributed by atoms with E-state index < -0.39 is 6.10 Å². The van der Waals surface area contributed by atoms with E-state index in [-0.39, 0.29) is 18.5 Å². The molecule has 9 nitrogen and oxygen atoms in total. The Morgan fingerprint density at radius 2 is 1.94 bits per heavy atom. The molecular formula is C22H20N4O5S. The molecule has 1 N–H and O–H groups in total. The zero-order valence-corrected chi connectivity index (χ0v) is 17.8. The Morgan fingerprint density at radius 1 is 1.12 bits per heavy atom. The highest BCUT2D eigenvalue weighted by Crippen LogP contribution is 2.36. The van der Waals surface area contributed by atoms with Gasteiger partial charge in [-0.3, -0.25) is 9.36 Å². The van der Waals surface area contributed by atoms with Crippen LogP contribution in [0.3, 0.4) is 0 Å². The predicted molar refractivity (Wildman–Crippen MR) is 117 cm³/mol. The van der Waals surface area contributed by atoms with E-state index in [4.69, 9.17) is 18.9 Å². The van der Waals surface area contributed by atoms with E-state index >= 15 is 0 Å². The standard InChI is InChI=1S/C22H20N4O5S/c1-2-9-26-21(19-11-28-15-5-3-4-6-17(15)31-19)24-25-22(26)32-12-20(27)23-14-7-8-16-18(10-14)30-13-29-16/h2-8,10,19H,1,9,11-13H2,(H,23,27). The molecule has 0 radical (unpaired) electrons. The summed E-state index contributed by atoms with van der Waals surface area (Å²) in [6.07, 6.45) is 1.34. The van der Waals surface area contributed by atoms with Gasteiger partial charge in [0.05, 0.1) is 5.75 Å². The third-order valence-electron chi connectivity index (χ3n) is 4.84. The molecule has 0 spiro atoms. The summed E-state index contributed by atoms with van der Waals surface area (Å²) in [5.41, 5.74) is 0.638. The lowest BCUT2D eigenvalue weighted by atomic mass is 10.2. The van der Waals surface area contributed by atoms with Gasteiger partial charge in [0.15, 0.2) is 40.1 Å². The Labute approximate surface area is 188 Å². The number of benzene rings is 2. The summed E-state index contributed by atoms with van der Waals surface area (Å²) >= 11 is 1.29. The lowest BCUT2D eigenvalue weighted by Gasteiger charge is -2.26. The molecule has 1 unspecified atom stereocenters. The minimum Gasteiger partial charge on any atom is -0.485 e. The molecule has 32 heavy (non-hydrogen) atoms. The zero-order valence-electron chi connectivity index (χ0n) is 17.0. The fraction of sp³-hybridized carbons (Fsp3) is 0.227. The lowest BCUT2D eigenvalue weighted by molar-refractivity contribution is -0.113. The van der Waals surface area contributed by atoms with Crippen molar-refractivity contribution in [3.05, 3.63) is 60.9 Å². The van der Waals surface area contributed by atoms with Crippen LogP contribution in [0.5, 0.6) is 23.0 Å². The number of rotatable bonds is 7. The van der Waals surface area contributed by atoms with Gasteiger partial charge >= 0.3 is 0 Å². The van der Waals surface area contributed by atoms with Crippen molar-refractivity contribution < 1.29 is 23.7 Å². The molecule has 164 valence electrons. The topological polar surface area (TPSA) is 96.7 Å². The van der Waals surface area contributed by atoms with Gasteiger partial charge in [0.2, 0.25) is 12.7 Å². The van der Waals surface area contributed by atoms with Crippen LogP contribution in [0.2, 0.25) is 0 Å². The number of thioether (sulfide) groups is 1. The molecule has 0 aliphatic carbocycles. The van der Waals surface area contributed by atoms with Crippen molar-refractivity contribution >= 4 is 23.4 Å². The number of nitrogens with zero attached hydrogens (tertiary/aromatic N) is 3. The van der Waals surface area contributed by atoms with E-state index in [0.29, 0.717) is 52.8 Å².